The van der Waals surface area contributed by atoms with Gasteiger partial charge in [-0.25, -0.2) is 4.99 Å². The average Bonchev–Trinajstić information content (AvgIpc) is 2.79. The molecule has 104 valence electrons. The Bertz CT molecular complexity index is 244. The van der Waals surface area contributed by atoms with Crippen LogP contribution in [-0.4, -0.2) is 24.4 Å². The molecular weight excluding hydrogens is 220 g/mol. The number of quaternary nitrogens is 1. The summed E-state index contributed by atoms with van der Waals surface area (Å²) >= 11 is 0. The zero-order chi connectivity index (χ0) is 13.1. The maximum Gasteiger partial charge on any atom is 0.194 e. The molecule has 1 heterocycles. The number of hydrogen-bond donors (Lipinski definition) is 0. The van der Waals surface area contributed by atoms with Gasteiger partial charge in [0.25, 0.3) is 0 Å². The largest absolute Gasteiger partial charge is 0.256 e. The minimum Gasteiger partial charge on any atom is -0.256 e. The monoisotopic (exact) mass is 251 g/mol. The van der Waals surface area contributed by atoms with E-state index in [-0.39, 0.29) is 0 Å². The van der Waals surface area contributed by atoms with Crippen LogP contribution >= 0.6 is 0 Å². The lowest BCUT2D eigenvalue weighted by Crippen LogP contribution is -2.35. The number of aliphatic imine (C=N–C) groups is 1. The smallest absolute Gasteiger partial charge is 0.194 e. The first-order valence-electron chi connectivity index (χ1n) is 7.84. The highest BCUT2D eigenvalue weighted by Crippen LogP contribution is 2.13. The van der Waals surface area contributed by atoms with E-state index in [4.69, 9.17) is 0 Å². The fourth-order valence-electron chi connectivity index (χ4n) is 2.49. The molecule has 1 unspecified atom stereocenters. The van der Waals surface area contributed by atoms with Gasteiger partial charge in [-0.05, 0) is 12.8 Å². The second kappa shape index (κ2) is 9.32. The van der Waals surface area contributed by atoms with Gasteiger partial charge in [0.2, 0.25) is 0 Å². The molecule has 18 heavy (non-hydrogen) atoms. The van der Waals surface area contributed by atoms with E-state index in [2.05, 4.69) is 25.2 Å². The van der Waals surface area contributed by atoms with Gasteiger partial charge >= 0.3 is 0 Å². The van der Waals surface area contributed by atoms with Crippen molar-refractivity contribution in [1.82, 2.24) is 0 Å². The van der Waals surface area contributed by atoms with Crippen LogP contribution in [0, 0.1) is 0 Å². The lowest BCUT2D eigenvalue weighted by atomic mass is 10.1. The van der Waals surface area contributed by atoms with E-state index in [1.165, 1.54) is 70.8 Å². The third-order valence-corrected chi connectivity index (χ3v) is 3.82. The Balaban J connectivity index is 1.82. The highest BCUT2D eigenvalue weighted by atomic mass is 15.3. The molecule has 0 saturated carbocycles. The van der Waals surface area contributed by atoms with Crippen molar-refractivity contribution < 1.29 is 4.48 Å². The third kappa shape index (κ3) is 6.95. The molecule has 0 aliphatic carbocycles. The lowest BCUT2D eigenvalue weighted by Gasteiger charge is -2.21. The van der Waals surface area contributed by atoms with Crippen LogP contribution in [0.25, 0.3) is 0 Å². The van der Waals surface area contributed by atoms with Gasteiger partial charge in [-0.15, -0.1) is 0 Å². The molecule has 0 aromatic carbocycles. The third-order valence-electron chi connectivity index (χ3n) is 3.82. The van der Waals surface area contributed by atoms with Gasteiger partial charge in [0, 0.05) is 0 Å². The number of hydrogen-bond acceptors (Lipinski definition) is 1. The summed E-state index contributed by atoms with van der Waals surface area (Å²) in [6.45, 7) is 3.49. The Labute approximate surface area is 113 Å². The van der Waals surface area contributed by atoms with Crippen LogP contribution in [0.3, 0.4) is 0 Å². The van der Waals surface area contributed by atoms with Gasteiger partial charge in [0.1, 0.15) is 6.20 Å². The number of unbranched alkanes of at least 4 members (excludes halogenated alkanes) is 9. The summed E-state index contributed by atoms with van der Waals surface area (Å²) in [5.41, 5.74) is 0. The van der Waals surface area contributed by atoms with E-state index >= 15 is 0 Å². The Morgan fingerprint density at radius 2 is 1.39 bits per heavy atom. The zero-order valence-corrected chi connectivity index (χ0v) is 12.4. The second-order valence-corrected chi connectivity index (χ2v) is 5.82. The van der Waals surface area contributed by atoms with Crippen molar-refractivity contribution in [3.63, 3.8) is 0 Å². The zero-order valence-electron chi connectivity index (χ0n) is 12.4. The molecule has 0 radical (unpaired) electrons. The van der Waals surface area contributed by atoms with Crippen molar-refractivity contribution >= 4 is 6.34 Å². The molecule has 0 aromatic rings. The van der Waals surface area contributed by atoms with Crippen LogP contribution < -0.4 is 0 Å². The summed E-state index contributed by atoms with van der Waals surface area (Å²) in [5, 5.41) is 0. The standard InChI is InChI=1S/C16H31N2/c1-3-4-5-6-7-8-9-10-11-12-14-18(2)15-13-17-16-18/h13,15-16H,3-12,14H2,1-2H3/q+1. The maximum atomic E-state index is 4.17. The van der Waals surface area contributed by atoms with Crippen LogP contribution in [0.2, 0.25) is 0 Å². The molecule has 1 atom stereocenters. The van der Waals surface area contributed by atoms with Gasteiger partial charge in [-0.3, -0.25) is 4.48 Å². The van der Waals surface area contributed by atoms with Crippen molar-refractivity contribution in [2.75, 3.05) is 13.6 Å². The first-order chi connectivity index (χ1) is 8.77. The van der Waals surface area contributed by atoms with Crippen LogP contribution in [0.1, 0.15) is 71.1 Å². The molecule has 0 aromatic heterocycles. The fraction of sp³-hybridized carbons (Fsp3) is 0.812. The van der Waals surface area contributed by atoms with Gasteiger partial charge in [-0.2, -0.15) is 0 Å². The van der Waals surface area contributed by atoms with Crippen LogP contribution in [0.4, 0.5) is 0 Å². The summed E-state index contributed by atoms with van der Waals surface area (Å²) in [5.74, 6) is 0. The van der Waals surface area contributed by atoms with E-state index in [0.717, 1.165) is 4.48 Å². The lowest BCUT2D eigenvalue weighted by molar-refractivity contribution is -0.756. The van der Waals surface area contributed by atoms with Gasteiger partial charge < -0.3 is 0 Å². The molecule has 1 rings (SSSR count). The molecule has 1 aliphatic heterocycles. The van der Waals surface area contributed by atoms with E-state index in [1.807, 2.05) is 12.5 Å². The van der Waals surface area contributed by atoms with Crippen molar-refractivity contribution in [2.45, 2.75) is 71.1 Å². The van der Waals surface area contributed by atoms with Crippen LogP contribution in [0.15, 0.2) is 17.4 Å². The SMILES string of the molecule is CCCCCCCCCCCC[N+]1(C)C=CN=C1. The summed E-state index contributed by atoms with van der Waals surface area (Å²) in [6, 6.07) is 0. The summed E-state index contributed by atoms with van der Waals surface area (Å²) in [6.07, 6.45) is 20.2. The molecule has 0 spiro atoms. The molecule has 0 fully saturated rings. The van der Waals surface area contributed by atoms with E-state index in [0.29, 0.717) is 0 Å². The number of nitrogens with zero attached hydrogens (tertiary/aromatic N) is 2. The summed E-state index contributed by atoms with van der Waals surface area (Å²) in [4.78, 5) is 4.17. The Kier molecular flexibility index (Phi) is 7.99. The first-order valence-corrected chi connectivity index (χ1v) is 7.84. The molecule has 2 heteroatoms. The average molecular weight is 251 g/mol. The Hall–Kier alpha value is -0.630. The minimum atomic E-state index is 0.900. The van der Waals surface area contributed by atoms with Crippen molar-refractivity contribution in [3.05, 3.63) is 12.4 Å². The normalized spacial score (nSPS) is 21.9. The van der Waals surface area contributed by atoms with Crippen LogP contribution in [0.5, 0.6) is 0 Å². The van der Waals surface area contributed by atoms with E-state index in [9.17, 15) is 0 Å². The molecule has 1 aliphatic rings. The molecule has 0 bridgehead atoms. The summed E-state index contributed by atoms with van der Waals surface area (Å²) in [7, 11) is 2.22. The highest BCUT2D eigenvalue weighted by molar-refractivity contribution is 5.50. The molecule has 0 N–H and O–H groups in total. The van der Waals surface area contributed by atoms with Crippen LogP contribution in [-0.2, 0) is 0 Å². The molecule has 0 amide bonds. The fourth-order valence-corrected chi connectivity index (χ4v) is 2.49. The van der Waals surface area contributed by atoms with E-state index in [1.54, 1.807) is 0 Å². The number of rotatable bonds is 11. The molecule has 2 nitrogen and oxygen atoms in total. The predicted octanol–water partition coefficient (Wildman–Crippen LogP) is 4.87. The first kappa shape index (κ1) is 15.4. The van der Waals surface area contributed by atoms with Gasteiger partial charge in [0.15, 0.2) is 6.34 Å². The molecule has 0 saturated heterocycles. The van der Waals surface area contributed by atoms with Crippen molar-refractivity contribution in [1.29, 1.82) is 0 Å². The van der Waals surface area contributed by atoms with Gasteiger partial charge in [-0.1, -0.05) is 58.3 Å². The highest BCUT2D eigenvalue weighted by Gasteiger charge is 2.17. The Morgan fingerprint density at radius 3 is 1.89 bits per heavy atom. The Morgan fingerprint density at radius 1 is 0.833 bits per heavy atom. The predicted molar refractivity (Wildman–Crippen MR) is 80.5 cm³/mol. The van der Waals surface area contributed by atoms with Gasteiger partial charge in [0.05, 0.1) is 19.8 Å². The molecular formula is C16H31N2+. The quantitative estimate of drug-likeness (QED) is 0.367. The van der Waals surface area contributed by atoms with Crippen molar-refractivity contribution in [2.24, 2.45) is 4.99 Å². The second-order valence-electron chi connectivity index (χ2n) is 5.82. The maximum absolute atomic E-state index is 4.17. The van der Waals surface area contributed by atoms with E-state index < -0.39 is 0 Å². The topological polar surface area (TPSA) is 12.4 Å². The van der Waals surface area contributed by atoms with Crippen molar-refractivity contribution in [3.8, 4) is 0 Å². The minimum absolute atomic E-state index is 0.900. The summed E-state index contributed by atoms with van der Waals surface area (Å²) < 4.78 is 0.900.